The van der Waals surface area contributed by atoms with Crippen LogP contribution in [-0.4, -0.2) is 39.6 Å². The topological polar surface area (TPSA) is 119 Å². The summed E-state index contributed by atoms with van der Waals surface area (Å²) in [5, 5.41) is 11.6. The van der Waals surface area contributed by atoms with E-state index < -0.39 is 22.1 Å². The highest BCUT2D eigenvalue weighted by molar-refractivity contribution is 7.80. The maximum absolute atomic E-state index is 9.98. The first-order valence-electron chi connectivity index (χ1n) is 4.42. The molecule has 98 valence electrons. The van der Waals surface area contributed by atoms with Gasteiger partial charge in [0.05, 0.1) is 5.60 Å². The molecule has 1 heterocycles. The summed E-state index contributed by atoms with van der Waals surface area (Å²) in [6.07, 6.45) is 1.71. The van der Waals surface area contributed by atoms with Crippen molar-refractivity contribution < 1.29 is 27.1 Å². The van der Waals surface area contributed by atoms with Crippen LogP contribution >= 0.6 is 0 Å². The largest absolute Gasteiger partial charge is 0.463 e. The first-order valence-corrected chi connectivity index (χ1v) is 5.79. The molecule has 8 nitrogen and oxygen atoms in total. The van der Waals surface area contributed by atoms with Gasteiger partial charge in [-0.15, -0.1) is 0 Å². The van der Waals surface area contributed by atoms with Crippen molar-refractivity contribution in [2.75, 3.05) is 0 Å². The van der Waals surface area contributed by atoms with E-state index in [4.69, 9.17) is 9.66 Å². The maximum atomic E-state index is 9.98. The fourth-order valence-electron chi connectivity index (χ4n) is 0.698. The van der Waals surface area contributed by atoms with Crippen LogP contribution in [0.4, 0.5) is 4.79 Å². The zero-order valence-electron chi connectivity index (χ0n) is 9.56. The third-order valence-electron chi connectivity index (χ3n) is 1.06. The van der Waals surface area contributed by atoms with Crippen molar-refractivity contribution in [2.24, 2.45) is 0 Å². The molecule has 1 aromatic heterocycles. The molecule has 1 aromatic rings. The highest BCUT2D eigenvalue weighted by atomic mass is 32.3. The van der Waals surface area contributed by atoms with Gasteiger partial charge in [0.25, 0.3) is 0 Å². The van der Waals surface area contributed by atoms with Crippen molar-refractivity contribution in [1.82, 2.24) is 9.78 Å². The highest BCUT2D eigenvalue weighted by Crippen LogP contribution is 2.09. The number of rotatable bonds is 1. The van der Waals surface area contributed by atoms with Crippen molar-refractivity contribution in [3.8, 4) is 0 Å². The summed E-state index contributed by atoms with van der Waals surface area (Å²) in [4.78, 5) is 9.96. The van der Waals surface area contributed by atoms with E-state index in [0.717, 1.165) is 4.68 Å². The smallest absolute Gasteiger partial charge is 0.432 e. The molecule has 0 unspecified atom stereocenters. The Kier molecular flexibility index (Phi) is 5.26. The Bertz CT molecular complexity index is 445. The highest BCUT2D eigenvalue weighted by Gasteiger charge is 2.18. The van der Waals surface area contributed by atoms with Crippen LogP contribution in [0.25, 0.3) is 0 Å². The van der Waals surface area contributed by atoms with Gasteiger partial charge in [-0.25, -0.2) is 8.98 Å². The van der Waals surface area contributed by atoms with Gasteiger partial charge >= 0.3 is 16.5 Å². The second-order valence-corrected chi connectivity index (χ2v) is 4.88. The maximum Gasteiger partial charge on any atom is 0.432 e. The van der Waals surface area contributed by atoms with Crippen molar-refractivity contribution in [3.63, 3.8) is 0 Å². The van der Waals surface area contributed by atoms with Crippen LogP contribution in [-0.2, 0) is 14.6 Å². The molecule has 0 fully saturated rings. The molecule has 0 aliphatic carbocycles. The van der Waals surface area contributed by atoms with Crippen molar-refractivity contribution in [3.05, 3.63) is 18.5 Å². The van der Waals surface area contributed by atoms with Crippen LogP contribution in [0.2, 0.25) is 0 Å². The molecule has 0 atom stereocenters. The zero-order chi connectivity index (χ0) is 13.7. The Morgan fingerprint density at radius 1 is 1.41 bits per heavy atom. The first kappa shape index (κ1) is 15.6. The van der Waals surface area contributed by atoms with Crippen molar-refractivity contribution >= 4 is 16.5 Å². The Morgan fingerprint density at radius 3 is 2.06 bits per heavy atom. The molecule has 0 aliphatic rings. The zero-order valence-corrected chi connectivity index (χ0v) is 10.4. The molecule has 9 heteroatoms. The van der Waals surface area contributed by atoms with Gasteiger partial charge in [0, 0.05) is 12.4 Å². The molecular weight excluding hydrogens is 252 g/mol. The normalized spacial score (nSPS) is 11.5. The van der Waals surface area contributed by atoms with Gasteiger partial charge in [-0.05, 0) is 26.8 Å². The molecule has 1 rings (SSSR count). The van der Waals surface area contributed by atoms with Crippen LogP contribution in [0.5, 0.6) is 0 Å². The van der Waals surface area contributed by atoms with Gasteiger partial charge in [-0.1, -0.05) is 0 Å². The van der Waals surface area contributed by atoms with E-state index in [1.165, 1.54) is 33.2 Å². The third-order valence-corrected chi connectivity index (χ3v) is 1.77. The summed E-state index contributed by atoms with van der Waals surface area (Å²) in [6, 6.07) is 1.55. The van der Waals surface area contributed by atoms with Gasteiger partial charge in [0.15, 0.2) is 0 Å². The Labute approximate surface area is 98.8 Å². The minimum Gasteiger partial charge on any atom is -0.463 e. The molecule has 0 saturated carbocycles. The summed E-state index contributed by atoms with van der Waals surface area (Å²) >= 11 is 0. The molecule has 0 bridgehead atoms. The van der Waals surface area contributed by atoms with Crippen LogP contribution in [0.1, 0.15) is 20.8 Å². The van der Waals surface area contributed by atoms with Crippen LogP contribution in [0.3, 0.4) is 0 Å². The number of carboxylic acid groups (broad SMARTS) is 1. The van der Waals surface area contributed by atoms with Crippen molar-refractivity contribution in [1.29, 1.82) is 0 Å². The molecule has 17 heavy (non-hydrogen) atoms. The molecule has 0 amide bonds. The van der Waals surface area contributed by atoms with E-state index in [0.29, 0.717) is 0 Å². The van der Waals surface area contributed by atoms with Gasteiger partial charge in [-0.2, -0.15) is 18.2 Å². The van der Waals surface area contributed by atoms with Gasteiger partial charge in [0.1, 0.15) is 0 Å². The van der Waals surface area contributed by atoms with Gasteiger partial charge < -0.3 is 5.11 Å². The number of hydrogen-bond donors (Lipinski definition) is 2. The van der Waals surface area contributed by atoms with E-state index >= 15 is 0 Å². The molecule has 0 radical (unpaired) electrons. The lowest BCUT2D eigenvalue weighted by Gasteiger charge is -2.14. The van der Waals surface area contributed by atoms with Crippen LogP contribution in [0, 0.1) is 0 Å². The summed E-state index contributed by atoms with van der Waals surface area (Å²) in [5.74, 6) is 0. The van der Waals surface area contributed by atoms with Crippen LogP contribution < -0.4 is 0 Å². The molecular formula is C8H14N2O6S. The Morgan fingerprint density at radius 2 is 1.94 bits per heavy atom. The van der Waals surface area contributed by atoms with E-state index in [-0.39, 0.29) is 0 Å². The Balaban J connectivity index is 0.000000302. The first-order chi connectivity index (χ1) is 7.51. The number of aromatic nitrogens is 2. The number of nitrogens with zero attached hydrogens (tertiary/aromatic N) is 2. The molecule has 0 saturated heterocycles. The monoisotopic (exact) mass is 266 g/mol. The SMILES string of the molecule is CC(C)(C)OS(=O)(=O)O.O=C(O)n1cccn1. The second kappa shape index (κ2) is 5.75. The number of hydrogen-bond acceptors (Lipinski definition) is 5. The third kappa shape index (κ3) is 9.48. The molecule has 2 N–H and O–H groups in total. The lowest BCUT2D eigenvalue weighted by molar-refractivity contribution is 0.119. The van der Waals surface area contributed by atoms with Gasteiger partial charge in [0.2, 0.25) is 0 Å². The number of carbonyl (C=O) groups is 1. The predicted octanol–water partition coefficient (Wildman–Crippen LogP) is 1.01. The van der Waals surface area contributed by atoms with Crippen LogP contribution in [0.15, 0.2) is 18.5 Å². The lowest BCUT2D eigenvalue weighted by Crippen LogP contribution is -2.23. The second-order valence-electron chi connectivity index (χ2n) is 3.86. The summed E-state index contributed by atoms with van der Waals surface area (Å²) in [5.41, 5.74) is -0.854. The predicted molar refractivity (Wildman–Crippen MR) is 58.0 cm³/mol. The molecule has 0 aliphatic heterocycles. The minimum absolute atomic E-state index is 0.833. The molecule has 0 spiro atoms. The standard InChI is InChI=1S/C4H4N2O2.C4H10O4S/c7-4(8)6-3-1-2-5-6;1-4(2,3)8-9(5,6)7/h1-3H,(H,7,8);1-3H3,(H,5,6,7). The average Bonchev–Trinajstić information content (AvgIpc) is 2.47. The average molecular weight is 266 g/mol. The van der Waals surface area contributed by atoms with E-state index in [1.807, 2.05) is 0 Å². The Hall–Kier alpha value is -1.45. The van der Waals surface area contributed by atoms with E-state index in [9.17, 15) is 13.2 Å². The van der Waals surface area contributed by atoms with E-state index in [2.05, 4.69) is 9.28 Å². The summed E-state index contributed by atoms with van der Waals surface area (Å²) < 4.78 is 33.0. The molecule has 0 aromatic carbocycles. The summed E-state index contributed by atoms with van der Waals surface area (Å²) in [7, 11) is -4.28. The fraction of sp³-hybridized carbons (Fsp3) is 0.500. The minimum atomic E-state index is -4.28. The van der Waals surface area contributed by atoms with E-state index in [1.54, 1.807) is 6.07 Å². The van der Waals surface area contributed by atoms with Gasteiger partial charge in [-0.3, -0.25) is 4.55 Å². The lowest BCUT2D eigenvalue weighted by atomic mass is 10.2. The van der Waals surface area contributed by atoms with Crippen molar-refractivity contribution in [2.45, 2.75) is 26.4 Å². The quantitative estimate of drug-likeness (QED) is 0.728. The fourth-order valence-corrected chi connectivity index (χ4v) is 1.33. The summed E-state index contributed by atoms with van der Waals surface area (Å²) in [6.45, 7) is 4.59.